The number of rotatable bonds is 4. The first kappa shape index (κ1) is 23.1. The first-order valence-corrected chi connectivity index (χ1v) is 10.8. The molecule has 2 heterocycles. The number of ether oxygens (including phenoxy) is 1. The maximum atomic E-state index is 13.9. The molecule has 1 amide bonds. The summed E-state index contributed by atoms with van der Waals surface area (Å²) < 4.78 is 68.9. The standard InChI is InChI=1S/C25H20F5N3O2/c1-15(16-2-4-17(26)5-3-16)32-13-24(14-32)31-22-12-18(27)6-11-21(22)23(34)33(24)19-7-9-20(10-8-19)35-25(28,29)30/h2-12,15,31H,13-14H2,1H3. The van der Waals surface area contributed by atoms with Crippen LogP contribution in [0.1, 0.15) is 28.9 Å². The van der Waals surface area contributed by atoms with E-state index in [4.69, 9.17) is 0 Å². The summed E-state index contributed by atoms with van der Waals surface area (Å²) >= 11 is 0. The molecule has 0 aliphatic carbocycles. The molecule has 5 rings (SSSR count). The SMILES string of the molecule is CC(c1ccc(F)cc1)N1CC2(C1)Nc1cc(F)ccc1C(=O)N2c1ccc(OC(F)(F)F)cc1. The van der Waals surface area contributed by atoms with E-state index >= 15 is 0 Å². The Kier molecular flexibility index (Phi) is 5.43. The van der Waals surface area contributed by atoms with Gasteiger partial charge in [0.2, 0.25) is 0 Å². The summed E-state index contributed by atoms with van der Waals surface area (Å²) in [5.74, 6) is -1.66. The number of carbonyl (C=O) groups is 1. The van der Waals surface area contributed by atoms with Gasteiger partial charge in [-0.2, -0.15) is 0 Å². The molecule has 5 nitrogen and oxygen atoms in total. The molecular formula is C25H20F5N3O2. The fourth-order valence-corrected chi connectivity index (χ4v) is 4.66. The van der Waals surface area contributed by atoms with E-state index in [-0.39, 0.29) is 17.4 Å². The van der Waals surface area contributed by atoms with Crippen LogP contribution in [0.4, 0.5) is 33.3 Å². The van der Waals surface area contributed by atoms with Gasteiger partial charge in [-0.05, 0) is 67.1 Å². The number of likely N-dealkylation sites (tertiary alicyclic amines) is 1. The van der Waals surface area contributed by atoms with Crippen LogP contribution in [0, 0.1) is 11.6 Å². The van der Waals surface area contributed by atoms with Gasteiger partial charge in [0.05, 0.1) is 11.3 Å². The first-order chi connectivity index (χ1) is 16.5. The van der Waals surface area contributed by atoms with Crippen molar-refractivity contribution < 1.29 is 31.5 Å². The van der Waals surface area contributed by atoms with Crippen LogP contribution in [0.3, 0.4) is 0 Å². The second-order valence-electron chi connectivity index (χ2n) is 8.66. The number of fused-ring (bicyclic) bond motifs is 1. The zero-order chi connectivity index (χ0) is 25.0. The Labute approximate surface area is 197 Å². The van der Waals surface area contributed by atoms with E-state index in [2.05, 4.69) is 15.0 Å². The van der Waals surface area contributed by atoms with Crippen LogP contribution in [0.15, 0.2) is 66.7 Å². The molecule has 1 atom stereocenters. The number of carbonyl (C=O) groups excluding carboxylic acids is 1. The molecule has 2 aliphatic rings. The summed E-state index contributed by atoms with van der Waals surface area (Å²) in [6.45, 7) is 2.63. The van der Waals surface area contributed by atoms with Crippen molar-refractivity contribution in [2.45, 2.75) is 25.0 Å². The molecule has 0 radical (unpaired) electrons. The summed E-state index contributed by atoms with van der Waals surface area (Å²) in [6, 6.07) is 14.9. The van der Waals surface area contributed by atoms with E-state index in [1.54, 1.807) is 12.1 Å². The summed E-state index contributed by atoms with van der Waals surface area (Å²) in [4.78, 5) is 17.1. The highest BCUT2D eigenvalue weighted by atomic mass is 19.4. The van der Waals surface area contributed by atoms with Gasteiger partial charge in [0.25, 0.3) is 5.91 Å². The highest BCUT2D eigenvalue weighted by molar-refractivity contribution is 6.13. The molecule has 3 aromatic rings. The van der Waals surface area contributed by atoms with Crippen molar-refractivity contribution in [3.63, 3.8) is 0 Å². The van der Waals surface area contributed by atoms with E-state index in [9.17, 15) is 26.7 Å². The van der Waals surface area contributed by atoms with Gasteiger partial charge in [0, 0.05) is 24.8 Å². The summed E-state index contributed by atoms with van der Waals surface area (Å²) in [5.41, 5.74) is 0.879. The fourth-order valence-electron chi connectivity index (χ4n) is 4.66. The topological polar surface area (TPSA) is 44.8 Å². The molecule has 10 heteroatoms. The van der Waals surface area contributed by atoms with Crippen molar-refractivity contribution >= 4 is 17.3 Å². The minimum absolute atomic E-state index is 0.101. The van der Waals surface area contributed by atoms with Gasteiger partial charge in [0.15, 0.2) is 0 Å². The van der Waals surface area contributed by atoms with Crippen LogP contribution in [0.25, 0.3) is 0 Å². The Bertz CT molecular complexity index is 1260. The second kappa shape index (κ2) is 8.23. The van der Waals surface area contributed by atoms with Crippen molar-refractivity contribution in [1.29, 1.82) is 0 Å². The normalized spacial score (nSPS) is 18.0. The smallest absolute Gasteiger partial charge is 0.406 e. The number of benzene rings is 3. The third-order valence-corrected chi connectivity index (χ3v) is 6.37. The molecule has 182 valence electrons. The van der Waals surface area contributed by atoms with Crippen LogP contribution in [-0.2, 0) is 0 Å². The van der Waals surface area contributed by atoms with Gasteiger partial charge < -0.3 is 10.1 Å². The van der Waals surface area contributed by atoms with E-state index in [0.717, 1.165) is 17.7 Å². The lowest BCUT2D eigenvalue weighted by Gasteiger charge is -2.59. The average molecular weight is 489 g/mol. The molecule has 1 N–H and O–H groups in total. The molecule has 0 bridgehead atoms. The zero-order valence-corrected chi connectivity index (χ0v) is 18.4. The Balaban J connectivity index is 1.47. The van der Waals surface area contributed by atoms with Gasteiger partial charge in [-0.15, -0.1) is 13.2 Å². The maximum absolute atomic E-state index is 13.9. The summed E-state index contributed by atoms with van der Waals surface area (Å²) in [6.07, 6.45) is -4.83. The minimum Gasteiger partial charge on any atom is -0.406 e. The van der Waals surface area contributed by atoms with Crippen LogP contribution >= 0.6 is 0 Å². The Morgan fingerprint density at radius 1 is 0.943 bits per heavy atom. The van der Waals surface area contributed by atoms with E-state index in [1.807, 2.05) is 6.92 Å². The largest absolute Gasteiger partial charge is 0.573 e. The van der Waals surface area contributed by atoms with Crippen molar-refractivity contribution in [3.8, 4) is 5.75 Å². The number of nitrogens with zero attached hydrogens (tertiary/aromatic N) is 2. The second-order valence-corrected chi connectivity index (χ2v) is 8.66. The lowest BCUT2D eigenvalue weighted by molar-refractivity contribution is -0.274. The predicted octanol–water partition coefficient (Wildman–Crippen LogP) is 5.71. The quantitative estimate of drug-likeness (QED) is 0.477. The third-order valence-electron chi connectivity index (χ3n) is 6.37. The number of nitrogens with one attached hydrogen (secondary N) is 1. The van der Waals surface area contributed by atoms with Crippen molar-refractivity contribution in [3.05, 3.63) is 89.5 Å². The third kappa shape index (κ3) is 4.29. The highest BCUT2D eigenvalue weighted by Gasteiger charge is 2.54. The van der Waals surface area contributed by atoms with Crippen molar-refractivity contribution in [2.24, 2.45) is 0 Å². The van der Waals surface area contributed by atoms with Gasteiger partial charge in [-0.1, -0.05) is 12.1 Å². The molecule has 0 saturated carbocycles. The van der Waals surface area contributed by atoms with Crippen LogP contribution in [0.2, 0.25) is 0 Å². The molecule has 1 spiro atoms. The van der Waals surface area contributed by atoms with Gasteiger partial charge in [0.1, 0.15) is 23.0 Å². The van der Waals surface area contributed by atoms with E-state index in [0.29, 0.717) is 24.5 Å². The van der Waals surface area contributed by atoms with Gasteiger partial charge in [-0.25, -0.2) is 8.78 Å². The number of hydrogen-bond donors (Lipinski definition) is 1. The molecule has 1 fully saturated rings. The molecule has 2 aliphatic heterocycles. The summed E-state index contributed by atoms with van der Waals surface area (Å²) in [7, 11) is 0. The molecule has 35 heavy (non-hydrogen) atoms. The Hall–Kier alpha value is -3.66. The van der Waals surface area contributed by atoms with Crippen LogP contribution in [-0.4, -0.2) is 35.9 Å². The lowest BCUT2D eigenvalue weighted by Crippen LogP contribution is -2.77. The van der Waals surface area contributed by atoms with Gasteiger partial charge >= 0.3 is 6.36 Å². The van der Waals surface area contributed by atoms with Crippen LogP contribution < -0.4 is 15.0 Å². The lowest BCUT2D eigenvalue weighted by atomic mass is 9.88. The average Bonchev–Trinajstić information content (AvgIpc) is 2.77. The first-order valence-electron chi connectivity index (χ1n) is 10.8. The predicted molar refractivity (Wildman–Crippen MR) is 119 cm³/mol. The number of amides is 1. The van der Waals surface area contributed by atoms with Gasteiger partial charge in [-0.3, -0.25) is 14.6 Å². The Morgan fingerprint density at radius 3 is 2.20 bits per heavy atom. The molecule has 3 aromatic carbocycles. The van der Waals surface area contributed by atoms with E-state index < -0.39 is 29.5 Å². The number of hydrogen-bond acceptors (Lipinski definition) is 4. The van der Waals surface area contributed by atoms with Crippen molar-refractivity contribution in [1.82, 2.24) is 4.90 Å². The Morgan fingerprint density at radius 2 is 1.57 bits per heavy atom. The maximum Gasteiger partial charge on any atom is 0.573 e. The fraction of sp³-hybridized carbons (Fsp3) is 0.240. The molecule has 1 unspecified atom stereocenters. The zero-order valence-electron chi connectivity index (χ0n) is 18.4. The van der Waals surface area contributed by atoms with Crippen LogP contribution in [0.5, 0.6) is 5.75 Å². The minimum atomic E-state index is -4.83. The molecule has 1 saturated heterocycles. The van der Waals surface area contributed by atoms with Crippen molar-refractivity contribution in [2.75, 3.05) is 23.3 Å². The number of halogens is 5. The highest BCUT2D eigenvalue weighted by Crippen LogP contribution is 2.43. The molecule has 0 aromatic heterocycles. The molecular weight excluding hydrogens is 469 g/mol. The summed E-state index contributed by atoms with van der Waals surface area (Å²) in [5, 5.41) is 3.28. The number of anilines is 2. The monoisotopic (exact) mass is 489 g/mol. The number of alkyl halides is 3. The van der Waals surface area contributed by atoms with E-state index in [1.165, 1.54) is 47.4 Å².